The van der Waals surface area contributed by atoms with Crippen LogP contribution < -0.4 is 10.5 Å². The van der Waals surface area contributed by atoms with E-state index in [1.807, 2.05) is 19.1 Å². The Bertz CT molecular complexity index is 436. The van der Waals surface area contributed by atoms with Crippen LogP contribution in [0.3, 0.4) is 0 Å². The molecule has 0 bridgehead atoms. The number of anilines is 1. The molecule has 1 atom stereocenters. The van der Waals surface area contributed by atoms with E-state index in [0.29, 0.717) is 37.7 Å². The minimum atomic E-state index is -0.540. The predicted molar refractivity (Wildman–Crippen MR) is 73.1 cm³/mol. The molecule has 2 N–H and O–H groups in total. The second-order valence-corrected chi connectivity index (χ2v) is 4.69. The number of rotatable bonds is 3. The Morgan fingerprint density at radius 3 is 2.74 bits per heavy atom. The normalized spacial score (nSPS) is 17.1. The Kier molecular flexibility index (Phi) is 4.27. The molecule has 1 saturated heterocycles. The van der Waals surface area contributed by atoms with Gasteiger partial charge in [-0.2, -0.15) is 0 Å². The first kappa shape index (κ1) is 13.7. The molecule has 104 valence electrons. The zero-order valence-corrected chi connectivity index (χ0v) is 11.4. The van der Waals surface area contributed by atoms with Crippen LogP contribution in [0.5, 0.6) is 5.75 Å². The van der Waals surface area contributed by atoms with Crippen molar-refractivity contribution in [2.45, 2.75) is 20.0 Å². The fraction of sp³-hybridized carbons (Fsp3) is 0.500. The first-order valence-electron chi connectivity index (χ1n) is 6.48. The Labute approximate surface area is 113 Å². The summed E-state index contributed by atoms with van der Waals surface area (Å²) in [6.07, 6.45) is -0.540. The van der Waals surface area contributed by atoms with Crippen molar-refractivity contribution in [3.05, 3.63) is 23.8 Å². The zero-order valence-electron chi connectivity index (χ0n) is 11.4. The van der Waals surface area contributed by atoms with Crippen LogP contribution >= 0.6 is 0 Å². The highest BCUT2D eigenvalue weighted by Gasteiger charge is 2.24. The van der Waals surface area contributed by atoms with Gasteiger partial charge in [0.15, 0.2) is 6.10 Å². The van der Waals surface area contributed by atoms with Crippen LogP contribution in [0.1, 0.15) is 12.5 Å². The van der Waals surface area contributed by atoms with Crippen molar-refractivity contribution in [1.29, 1.82) is 0 Å². The van der Waals surface area contributed by atoms with Crippen molar-refractivity contribution < 1.29 is 14.3 Å². The molecule has 1 fully saturated rings. The number of hydrogen-bond acceptors (Lipinski definition) is 4. The van der Waals surface area contributed by atoms with Gasteiger partial charge in [0.2, 0.25) is 0 Å². The zero-order chi connectivity index (χ0) is 13.8. The van der Waals surface area contributed by atoms with E-state index in [1.165, 1.54) is 0 Å². The number of carbonyl (C=O) groups is 1. The highest BCUT2D eigenvalue weighted by atomic mass is 16.5. The van der Waals surface area contributed by atoms with E-state index in [9.17, 15) is 4.79 Å². The molecule has 1 aromatic carbocycles. The molecule has 1 amide bonds. The molecular weight excluding hydrogens is 244 g/mol. The van der Waals surface area contributed by atoms with Gasteiger partial charge >= 0.3 is 0 Å². The number of carbonyl (C=O) groups excluding carboxylic acids is 1. The third kappa shape index (κ3) is 3.17. The predicted octanol–water partition coefficient (Wildman–Crippen LogP) is 1.20. The van der Waals surface area contributed by atoms with Crippen LogP contribution in [0.4, 0.5) is 5.69 Å². The number of para-hydroxylation sites is 1. The molecule has 1 aromatic rings. The van der Waals surface area contributed by atoms with Crippen molar-refractivity contribution in [3.63, 3.8) is 0 Å². The molecule has 0 aromatic heterocycles. The Morgan fingerprint density at radius 1 is 1.42 bits per heavy atom. The third-order valence-electron chi connectivity index (χ3n) is 3.21. The van der Waals surface area contributed by atoms with Crippen molar-refractivity contribution in [1.82, 2.24) is 4.90 Å². The quantitative estimate of drug-likeness (QED) is 0.833. The first-order chi connectivity index (χ1) is 9.09. The minimum Gasteiger partial charge on any atom is -0.478 e. The van der Waals surface area contributed by atoms with Gasteiger partial charge in [0, 0.05) is 13.1 Å². The Balaban J connectivity index is 2.03. The molecule has 19 heavy (non-hydrogen) atoms. The molecule has 0 saturated carbocycles. The van der Waals surface area contributed by atoms with Crippen molar-refractivity contribution in [2.24, 2.45) is 0 Å². The maximum absolute atomic E-state index is 12.2. The van der Waals surface area contributed by atoms with Crippen LogP contribution in [-0.2, 0) is 9.53 Å². The highest BCUT2D eigenvalue weighted by Crippen LogP contribution is 2.26. The van der Waals surface area contributed by atoms with Crippen molar-refractivity contribution in [2.75, 3.05) is 32.0 Å². The van der Waals surface area contributed by atoms with Gasteiger partial charge in [-0.15, -0.1) is 0 Å². The number of benzene rings is 1. The van der Waals surface area contributed by atoms with Crippen molar-refractivity contribution >= 4 is 11.6 Å². The largest absolute Gasteiger partial charge is 0.478 e. The molecule has 0 aliphatic carbocycles. The SMILES string of the molecule is Cc1cccc(N)c1OC(C)C(=O)N1CCOCC1. The maximum atomic E-state index is 12.2. The molecule has 5 heteroatoms. The second kappa shape index (κ2) is 5.93. The molecule has 0 spiro atoms. The summed E-state index contributed by atoms with van der Waals surface area (Å²) in [7, 11) is 0. The monoisotopic (exact) mass is 264 g/mol. The summed E-state index contributed by atoms with van der Waals surface area (Å²) in [5, 5.41) is 0. The minimum absolute atomic E-state index is 0.0223. The summed E-state index contributed by atoms with van der Waals surface area (Å²) < 4.78 is 11.0. The number of morpholine rings is 1. The van der Waals surface area contributed by atoms with Crippen LogP contribution in [0.25, 0.3) is 0 Å². The number of hydrogen-bond donors (Lipinski definition) is 1. The van der Waals surface area contributed by atoms with Crippen LogP contribution in [0.15, 0.2) is 18.2 Å². The lowest BCUT2D eigenvalue weighted by molar-refractivity contribution is -0.142. The Morgan fingerprint density at radius 2 is 2.11 bits per heavy atom. The van der Waals surface area contributed by atoms with Gasteiger partial charge in [-0.1, -0.05) is 12.1 Å². The summed E-state index contributed by atoms with van der Waals surface area (Å²) >= 11 is 0. The van der Waals surface area contributed by atoms with Gasteiger partial charge in [-0.05, 0) is 25.5 Å². The lowest BCUT2D eigenvalue weighted by Gasteiger charge is -2.29. The molecule has 5 nitrogen and oxygen atoms in total. The van der Waals surface area contributed by atoms with E-state index in [-0.39, 0.29) is 5.91 Å². The van der Waals surface area contributed by atoms with E-state index >= 15 is 0 Å². The van der Waals surface area contributed by atoms with Crippen LogP contribution in [-0.4, -0.2) is 43.2 Å². The van der Waals surface area contributed by atoms with Gasteiger partial charge < -0.3 is 20.1 Å². The molecule has 1 unspecified atom stereocenters. The Hall–Kier alpha value is -1.75. The maximum Gasteiger partial charge on any atom is 0.263 e. The van der Waals surface area contributed by atoms with Crippen LogP contribution in [0, 0.1) is 6.92 Å². The van der Waals surface area contributed by atoms with Gasteiger partial charge in [0.05, 0.1) is 18.9 Å². The summed E-state index contributed by atoms with van der Waals surface area (Å²) in [6.45, 7) is 6.09. The fourth-order valence-corrected chi connectivity index (χ4v) is 2.10. The molecule has 1 heterocycles. The average Bonchev–Trinajstić information content (AvgIpc) is 2.43. The van der Waals surface area contributed by atoms with Gasteiger partial charge in [0.1, 0.15) is 5.75 Å². The standard InChI is InChI=1S/C14H20N2O3/c1-10-4-3-5-12(15)13(10)19-11(2)14(17)16-6-8-18-9-7-16/h3-5,11H,6-9,15H2,1-2H3. The van der Waals surface area contributed by atoms with E-state index in [4.69, 9.17) is 15.2 Å². The molecule has 2 rings (SSSR count). The van der Waals surface area contributed by atoms with E-state index in [1.54, 1.807) is 17.9 Å². The summed E-state index contributed by atoms with van der Waals surface area (Å²) in [5.41, 5.74) is 7.37. The number of aryl methyl sites for hydroxylation is 1. The van der Waals surface area contributed by atoms with Crippen LogP contribution in [0.2, 0.25) is 0 Å². The lowest BCUT2D eigenvalue weighted by atomic mass is 10.2. The molecular formula is C14H20N2O3. The number of ether oxygens (including phenoxy) is 2. The van der Waals surface area contributed by atoms with Gasteiger partial charge in [-0.25, -0.2) is 0 Å². The topological polar surface area (TPSA) is 64.8 Å². The molecule has 1 aliphatic rings. The average molecular weight is 264 g/mol. The summed E-state index contributed by atoms with van der Waals surface area (Å²) in [5.74, 6) is 0.572. The summed E-state index contributed by atoms with van der Waals surface area (Å²) in [4.78, 5) is 14.0. The van der Waals surface area contributed by atoms with E-state index in [0.717, 1.165) is 5.56 Å². The van der Waals surface area contributed by atoms with Gasteiger partial charge in [0.25, 0.3) is 5.91 Å². The van der Waals surface area contributed by atoms with Crippen molar-refractivity contribution in [3.8, 4) is 5.75 Å². The number of nitrogen functional groups attached to an aromatic ring is 1. The lowest BCUT2D eigenvalue weighted by Crippen LogP contribution is -2.46. The number of nitrogens with two attached hydrogens (primary N) is 1. The number of amides is 1. The summed E-state index contributed by atoms with van der Waals surface area (Å²) in [6, 6.07) is 5.55. The first-order valence-corrected chi connectivity index (χ1v) is 6.48. The van der Waals surface area contributed by atoms with E-state index < -0.39 is 6.10 Å². The highest BCUT2D eigenvalue weighted by molar-refractivity contribution is 5.81. The molecule has 0 radical (unpaired) electrons. The smallest absolute Gasteiger partial charge is 0.263 e. The third-order valence-corrected chi connectivity index (χ3v) is 3.21. The fourth-order valence-electron chi connectivity index (χ4n) is 2.10. The van der Waals surface area contributed by atoms with E-state index in [2.05, 4.69) is 0 Å². The van der Waals surface area contributed by atoms with Gasteiger partial charge in [-0.3, -0.25) is 4.79 Å². The molecule has 1 aliphatic heterocycles. The second-order valence-electron chi connectivity index (χ2n) is 4.69. The number of nitrogens with zero attached hydrogens (tertiary/aromatic N) is 1.